The number of aromatic nitrogens is 2. The second-order valence-corrected chi connectivity index (χ2v) is 9.19. The van der Waals surface area contributed by atoms with Crippen molar-refractivity contribution in [2.45, 2.75) is 0 Å². The molecule has 0 aliphatic rings. The molecule has 0 spiro atoms. The second-order valence-electron chi connectivity index (χ2n) is 8.43. The molecule has 0 bridgehead atoms. The Kier molecular flexibility index (Phi) is 7.87. The minimum Gasteiger partial charge on any atom is -0.495 e. The zero-order chi connectivity index (χ0) is 26.7. The fourth-order valence-corrected chi connectivity index (χ4v) is 4.50. The largest absolute Gasteiger partial charge is 0.495 e. The fourth-order valence-electron chi connectivity index (χ4n) is 3.78. The van der Waals surface area contributed by atoms with Crippen molar-refractivity contribution >= 4 is 57.4 Å². The van der Waals surface area contributed by atoms with Crippen molar-refractivity contribution < 1.29 is 19.1 Å². The summed E-state index contributed by atoms with van der Waals surface area (Å²) in [6, 6.07) is 13.7. The molecule has 1 heterocycles. The van der Waals surface area contributed by atoms with Gasteiger partial charge in [-0.1, -0.05) is 29.3 Å². The Hall–Kier alpha value is -3.79. The van der Waals surface area contributed by atoms with E-state index >= 15 is 0 Å². The zero-order valence-electron chi connectivity index (χ0n) is 20.6. The molecule has 0 fully saturated rings. The molecule has 0 saturated heterocycles. The number of H-pyrrole nitrogens is 1. The number of nitrogens with zero attached hydrogens (tertiary/aromatic N) is 2. The predicted octanol–water partition coefficient (Wildman–Crippen LogP) is 5.31. The van der Waals surface area contributed by atoms with Gasteiger partial charge in [-0.3, -0.25) is 14.7 Å². The Morgan fingerprint density at radius 1 is 0.946 bits per heavy atom. The van der Waals surface area contributed by atoms with Crippen LogP contribution in [0.4, 0.5) is 11.5 Å². The Bertz CT molecular complexity index is 1440. The van der Waals surface area contributed by atoms with Crippen LogP contribution in [0, 0.1) is 0 Å². The van der Waals surface area contributed by atoms with Crippen LogP contribution in [0.2, 0.25) is 10.0 Å². The van der Waals surface area contributed by atoms with Gasteiger partial charge in [0.2, 0.25) is 5.91 Å². The SMILES string of the molecule is COc1cc(OC)c(Cl)c(-c2ccc3c(NC(=O)c4ccc(NC(=O)CN(C)C)cc4)n[nH]c3c2)c1Cl. The molecule has 3 N–H and O–H groups in total. The van der Waals surface area contributed by atoms with E-state index in [4.69, 9.17) is 32.7 Å². The molecular formula is C26H25Cl2N5O4. The Morgan fingerprint density at radius 3 is 2.19 bits per heavy atom. The van der Waals surface area contributed by atoms with Gasteiger partial charge in [0.1, 0.15) is 11.5 Å². The number of methoxy groups -OCH3 is 2. The van der Waals surface area contributed by atoms with E-state index in [1.807, 2.05) is 32.3 Å². The molecule has 37 heavy (non-hydrogen) atoms. The van der Waals surface area contributed by atoms with Crippen molar-refractivity contribution in [1.29, 1.82) is 0 Å². The summed E-state index contributed by atoms with van der Waals surface area (Å²) in [6.07, 6.45) is 0. The van der Waals surface area contributed by atoms with E-state index in [9.17, 15) is 9.59 Å². The van der Waals surface area contributed by atoms with Gasteiger partial charge in [-0.25, -0.2) is 0 Å². The first-order chi connectivity index (χ1) is 17.7. The average molecular weight is 542 g/mol. The van der Waals surface area contributed by atoms with E-state index in [0.717, 1.165) is 0 Å². The number of benzene rings is 3. The summed E-state index contributed by atoms with van der Waals surface area (Å²) in [5.74, 6) is 0.750. The standard InChI is InChI=1S/C26H25Cl2N5O4/c1-33(2)13-21(34)29-16-8-5-14(6-9-16)26(35)30-25-17-10-7-15(11-18(17)31-32-25)22-23(27)19(36-3)12-20(37-4)24(22)28/h5-12H,13H2,1-4H3,(H,29,34)(H2,30,31,32,35). The quantitative estimate of drug-likeness (QED) is 0.279. The van der Waals surface area contributed by atoms with Gasteiger partial charge in [0.15, 0.2) is 5.82 Å². The number of halogens is 2. The highest BCUT2D eigenvalue weighted by molar-refractivity contribution is 6.41. The van der Waals surface area contributed by atoms with Crippen LogP contribution >= 0.6 is 23.2 Å². The Balaban J connectivity index is 1.55. The molecule has 0 saturated carbocycles. The number of rotatable bonds is 8. The van der Waals surface area contributed by atoms with Gasteiger partial charge in [0.05, 0.1) is 36.3 Å². The average Bonchev–Trinajstić information content (AvgIpc) is 3.26. The lowest BCUT2D eigenvalue weighted by Crippen LogP contribution is -2.27. The normalized spacial score (nSPS) is 11.0. The van der Waals surface area contributed by atoms with Crippen LogP contribution in [0.15, 0.2) is 48.5 Å². The van der Waals surface area contributed by atoms with Gasteiger partial charge in [-0.2, -0.15) is 5.10 Å². The van der Waals surface area contributed by atoms with E-state index < -0.39 is 0 Å². The van der Waals surface area contributed by atoms with Crippen molar-refractivity contribution in [2.75, 3.05) is 45.5 Å². The van der Waals surface area contributed by atoms with Crippen LogP contribution in [0.1, 0.15) is 10.4 Å². The van der Waals surface area contributed by atoms with Crippen LogP contribution < -0.4 is 20.1 Å². The molecule has 0 unspecified atom stereocenters. The molecule has 11 heteroatoms. The maximum absolute atomic E-state index is 12.8. The number of amides is 2. The van der Waals surface area contributed by atoms with Crippen molar-refractivity contribution in [3.8, 4) is 22.6 Å². The van der Waals surface area contributed by atoms with Gasteiger partial charge in [0, 0.05) is 28.3 Å². The molecule has 9 nitrogen and oxygen atoms in total. The van der Waals surface area contributed by atoms with E-state index in [2.05, 4.69) is 20.8 Å². The first kappa shape index (κ1) is 26.3. The van der Waals surface area contributed by atoms with E-state index in [-0.39, 0.29) is 18.4 Å². The number of hydrogen-bond acceptors (Lipinski definition) is 6. The molecule has 4 rings (SSSR count). The van der Waals surface area contributed by atoms with Gasteiger partial charge < -0.3 is 25.0 Å². The Morgan fingerprint density at radius 2 is 1.59 bits per heavy atom. The minimum atomic E-state index is -0.340. The summed E-state index contributed by atoms with van der Waals surface area (Å²) in [5, 5.41) is 14.2. The third-order valence-electron chi connectivity index (χ3n) is 5.55. The zero-order valence-corrected chi connectivity index (χ0v) is 22.1. The predicted molar refractivity (Wildman–Crippen MR) is 146 cm³/mol. The number of hydrogen-bond donors (Lipinski definition) is 3. The van der Waals surface area contributed by atoms with Gasteiger partial charge in [-0.15, -0.1) is 0 Å². The number of nitrogens with one attached hydrogen (secondary N) is 3. The lowest BCUT2D eigenvalue weighted by atomic mass is 10.0. The lowest BCUT2D eigenvalue weighted by Gasteiger charge is -2.14. The smallest absolute Gasteiger partial charge is 0.256 e. The summed E-state index contributed by atoms with van der Waals surface area (Å²) in [5.41, 5.74) is 2.96. The van der Waals surface area contributed by atoms with E-state index in [1.54, 1.807) is 35.2 Å². The van der Waals surface area contributed by atoms with E-state index in [0.29, 0.717) is 60.6 Å². The molecule has 2 amide bonds. The summed E-state index contributed by atoms with van der Waals surface area (Å²) in [7, 11) is 6.65. The first-order valence-corrected chi connectivity index (χ1v) is 11.9. The first-order valence-electron chi connectivity index (χ1n) is 11.2. The van der Waals surface area contributed by atoms with Crippen molar-refractivity contribution in [3.05, 3.63) is 64.1 Å². The minimum absolute atomic E-state index is 0.139. The lowest BCUT2D eigenvalue weighted by molar-refractivity contribution is -0.116. The number of likely N-dealkylation sites (N-methyl/N-ethyl adjacent to an activating group) is 1. The highest BCUT2D eigenvalue weighted by atomic mass is 35.5. The van der Waals surface area contributed by atoms with Crippen LogP contribution in [-0.2, 0) is 4.79 Å². The molecule has 0 atom stereocenters. The second kappa shape index (κ2) is 11.1. The molecule has 0 radical (unpaired) electrons. The van der Waals surface area contributed by atoms with Crippen molar-refractivity contribution in [2.24, 2.45) is 0 Å². The molecule has 1 aromatic heterocycles. The van der Waals surface area contributed by atoms with Gasteiger partial charge in [0.25, 0.3) is 5.91 Å². The number of carbonyl (C=O) groups is 2. The Labute approximate surface area is 223 Å². The molecule has 4 aromatic rings. The number of anilines is 2. The van der Waals surface area contributed by atoms with Gasteiger partial charge in [-0.05, 0) is 56.1 Å². The highest BCUT2D eigenvalue weighted by Crippen LogP contribution is 2.46. The van der Waals surface area contributed by atoms with Crippen LogP contribution in [0.25, 0.3) is 22.0 Å². The third kappa shape index (κ3) is 5.64. The highest BCUT2D eigenvalue weighted by Gasteiger charge is 2.20. The maximum Gasteiger partial charge on any atom is 0.256 e. The van der Waals surface area contributed by atoms with E-state index in [1.165, 1.54) is 14.2 Å². The molecule has 0 aliphatic heterocycles. The number of aromatic amines is 1. The van der Waals surface area contributed by atoms with Crippen LogP contribution in [-0.4, -0.2) is 61.8 Å². The summed E-state index contributed by atoms with van der Waals surface area (Å²) < 4.78 is 10.7. The molecule has 0 aliphatic carbocycles. The summed E-state index contributed by atoms with van der Waals surface area (Å²) in [6.45, 7) is 0.264. The number of ether oxygens (including phenoxy) is 2. The molecule has 3 aromatic carbocycles. The van der Waals surface area contributed by atoms with Gasteiger partial charge >= 0.3 is 0 Å². The summed E-state index contributed by atoms with van der Waals surface area (Å²) in [4.78, 5) is 26.5. The molecular weight excluding hydrogens is 517 g/mol. The van der Waals surface area contributed by atoms with Crippen LogP contribution in [0.3, 0.4) is 0 Å². The summed E-state index contributed by atoms with van der Waals surface area (Å²) >= 11 is 13.1. The van der Waals surface area contributed by atoms with Crippen LogP contribution in [0.5, 0.6) is 11.5 Å². The van der Waals surface area contributed by atoms with Crippen molar-refractivity contribution in [1.82, 2.24) is 15.1 Å². The molecule has 192 valence electrons. The number of carbonyl (C=O) groups excluding carboxylic acids is 2. The maximum atomic E-state index is 12.8. The van der Waals surface area contributed by atoms with Crippen molar-refractivity contribution in [3.63, 3.8) is 0 Å². The third-order valence-corrected chi connectivity index (χ3v) is 6.30. The number of fused-ring (bicyclic) bond motifs is 1. The monoisotopic (exact) mass is 541 g/mol. The topological polar surface area (TPSA) is 109 Å². The fraction of sp³-hybridized carbons (Fsp3) is 0.192.